The summed E-state index contributed by atoms with van der Waals surface area (Å²) in [5.41, 5.74) is 2.59. The van der Waals surface area contributed by atoms with E-state index in [0.717, 1.165) is 5.56 Å². The number of hydrogen-bond acceptors (Lipinski definition) is 4. The molecule has 0 bridgehead atoms. The zero-order valence-corrected chi connectivity index (χ0v) is 20.5. The van der Waals surface area contributed by atoms with E-state index < -0.39 is 11.2 Å². The molecule has 178 valence electrons. The molecule has 0 N–H and O–H groups in total. The number of fused-ring (bicyclic) bond motifs is 1. The molecule has 0 aliphatic heterocycles. The molecule has 5 aromatic rings. The number of rotatable bonds is 5. The van der Waals surface area contributed by atoms with Crippen molar-refractivity contribution in [3.8, 4) is 5.69 Å². The highest BCUT2D eigenvalue weighted by atomic mass is 35.5. The highest BCUT2D eigenvalue weighted by Gasteiger charge is 2.20. The minimum Gasteiger partial charge on any atom is -0.467 e. The van der Waals surface area contributed by atoms with Crippen LogP contribution in [0.5, 0.6) is 0 Å². The second kappa shape index (κ2) is 8.74. The van der Waals surface area contributed by atoms with Crippen LogP contribution in [0.1, 0.15) is 37.7 Å². The van der Waals surface area contributed by atoms with Gasteiger partial charge >= 0.3 is 5.69 Å². The largest absolute Gasteiger partial charge is 0.467 e. The van der Waals surface area contributed by atoms with Gasteiger partial charge in [-0.15, -0.1) is 0 Å². The van der Waals surface area contributed by atoms with Crippen molar-refractivity contribution in [2.24, 2.45) is 0 Å². The first-order valence-corrected chi connectivity index (χ1v) is 11.7. The van der Waals surface area contributed by atoms with Gasteiger partial charge < -0.3 is 8.98 Å². The van der Waals surface area contributed by atoms with E-state index in [-0.39, 0.29) is 12.0 Å². The maximum atomic E-state index is 13.6. The number of halogens is 1. The van der Waals surface area contributed by atoms with Crippen LogP contribution in [0.4, 0.5) is 0 Å². The first-order valence-electron chi connectivity index (χ1n) is 11.3. The highest BCUT2D eigenvalue weighted by Crippen LogP contribution is 2.23. The molecule has 2 aromatic carbocycles. The molecule has 3 aromatic heterocycles. The van der Waals surface area contributed by atoms with Gasteiger partial charge in [-0.05, 0) is 52.9 Å². The topological polar surface area (TPSA) is 75.0 Å². The quantitative estimate of drug-likeness (QED) is 0.349. The molecule has 0 unspecified atom stereocenters. The van der Waals surface area contributed by atoms with Crippen LogP contribution in [0.3, 0.4) is 0 Å². The summed E-state index contributed by atoms with van der Waals surface area (Å²) in [7, 11) is 0. The van der Waals surface area contributed by atoms with Crippen molar-refractivity contribution in [3.63, 3.8) is 0 Å². The second-order valence-electron chi connectivity index (χ2n) is 9.56. The molecule has 0 aliphatic rings. The lowest BCUT2D eigenvalue weighted by molar-refractivity contribution is 0.482. The van der Waals surface area contributed by atoms with Gasteiger partial charge in [0.1, 0.15) is 5.76 Å². The number of aromatic nitrogens is 4. The Bertz CT molecular complexity index is 1600. The Balaban J connectivity index is 1.68. The molecule has 0 saturated heterocycles. The smallest absolute Gasteiger partial charge is 0.337 e. The molecule has 0 radical (unpaired) electrons. The van der Waals surface area contributed by atoms with Crippen molar-refractivity contribution in [2.45, 2.75) is 39.3 Å². The van der Waals surface area contributed by atoms with E-state index in [4.69, 9.17) is 16.0 Å². The maximum Gasteiger partial charge on any atom is 0.337 e. The van der Waals surface area contributed by atoms with Crippen LogP contribution in [0.2, 0.25) is 5.02 Å². The Kier molecular flexibility index (Phi) is 5.73. The SMILES string of the molecule is CC(C)(C)c1ccc(Cn2cnc3c2c(=O)n(Cc2ccco2)c(=O)n3-c2ccc(Cl)cc2)cc1. The lowest BCUT2D eigenvalue weighted by Crippen LogP contribution is -2.40. The van der Waals surface area contributed by atoms with E-state index in [9.17, 15) is 9.59 Å². The third-order valence-corrected chi connectivity index (χ3v) is 6.30. The van der Waals surface area contributed by atoms with Gasteiger partial charge in [0.05, 0.1) is 24.8 Å². The van der Waals surface area contributed by atoms with Crippen molar-refractivity contribution in [3.05, 3.63) is 116 Å². The summed E-state index contributed by atoms with van der Waals surface area (Å²) in [6.07, 6.45) is 3.12. The first kappa shape index (κ1) is 22.9. The molecular formula is C27H25ClN4O3. The summed E-state index contributed by atoms with van der Waals surface area (Å²) in [4.78, 5) is 31.6. The van der Waals surface area contributed by atoms with Crippen LogP contribution in [0.25, 0.3) is 16.9 Å². The van der Waals surface area contributed by atoms with Crippen molar-refractivity contribution >= 4 is 22.8 Å². The van der Waals surface area contributed by atoms with Crippen LogP contribution < -0.4 is 11.2 Å². The van der Waals surface area contributed by atoms with Gasteiger partial charge in [-0.2, -0.15) is 0 Å². The van der Waals surface area contributed by atoms with Gasteiger partial charge in [-0.3, -0.25) is 9.36 Å². The highest BCUT2D eigenvalue weighted by molar-refractivity contribution is 6.30. The Hall–Kier alpha value is -3.84. The maximum absolute atomic E-state index is 13.6. The lowest BCUT2D eigenvalue weighted by Gasteiger charge is -2.19. The van der Waals surface area contributed by atoms with Crippen LogP contribution in [0, 0.1) is 0 Å². The molecule has 0 saturated carbocycles. The van der Waals surface area contributed by atoms with Crippen molar-refractivity contribution in [1.29, 1.82) is 0 Å². The van der Waals surface area contributed by atoms with Gasteiger partial charge in [-0.1, -0.05) is 56.6 Å². The summed E-state index contributed by atoms with van der Waals surface area (Å²) in [5, 5.41) is 0.547. The number of benzene rings is 2. The molecule has 5 rings (SSSR count). The lowest BCUT2D eigenvalue weighted by atomic mass is 9.87. The molecule has 0 atom stereocenters. The summed E-state index contributed by atoms with van der Waals surface area (Å²) in [6, 6.07) is 18.6. The third kappa shape index (κ3) is 4.35. The van der Waals surface area contributed by atoms with Gasteiger partial charge in [0.15, 0.2) is 11.2 Å². The van der Waals surface area contributed by atoms with Crippen molar-refractivity contribution < 1.29 is 4.42 Å². The van der Waals surface area contributed by atoms with Gasteiger partial charge in [-0.25, -0.2) is 14.3 Å². The standard InChI is InChI=1S/C27H25ClN4O3/c1-27(2,3)19-8-6-18(7-9-19)15-30-17-29-24-23(30)25(33)31(16-22-5-4-14-35-22)26(34)32(24)21-12-10-20(28)11-13-21/h4-14,17H,15-16H2,1-3H3. The monoisotopic (exact) mass is 488 g/mol. The van der Waals surface area contributed by atoms with Gasteiger partial charge in [0.2, 0.25) is 0 Å². The van der Waals surface area contributed by atoms with E-state index in [1.54, 1.807) is 47.3 Å². The number of hydrogen-bond donors (Lipinski definition) is 0. The van der Waals surface area contributed by atoms with Crippen LogP contribution in [-0.2, 0) is 18.5 Å². The van der Waals surface area contributed by atoms with Crippen molar-refractivity contribution in [2.75, 3.05) is 0 Å². The van der Waals surface area contributed by atoms with Crippen molar-refractivity contribution in [1.82, 2.24) is 18.7 Å². The molecule has 0 aliphatic carbocycles. The molecule has 7 nitrogen and oxygen atoms in total. The fourth-order valence-corrected chi connectivity index (χ4v) is 4.25. The number of imidazole rings is 1. The van der Waals surface area contributed by atoms with E-state index in [2.05, 4.69) is 50.0 Å². The molecule has 0 spiro atoms. The number of nitrogens with zero attached hydrogens (tertiary/aromatic N) is 4. The Morgan fingerprint density at radius 1 is 0.943 bits per heavy atom. The molecule has 35 heavy (non-hydrogen) atoms. The molecule has 8 heteroatoms. The Morgan fingerprint density at radius 3 is 2.29 bits per heavy atom. The van der Waals surface area contributed by atoms with Gasteiger partial charge in [0, 0.05) is 11.6 Å². The Morgan fingerprint density at radius 2 is 1.66 bits per heavy atom. The normalized spacial score (nSPS) is 11.9. The average Bonchev–Trinajstić information content (AvgIpc) is 3.48. The van der Waals surface area contributed by atoms with E-state index in [1.807, 2.05) is 0 Å². The van der Waals surface area contributed by atoms with Crippen LogP contribution in [-0.4, -0.2) is 18.7 Å². The molecule has 0 amide bonds. The molecule has 0 fully saturated rings. The average molecular weight is 489 g/mol. The minimum atomic E-state index is -0.499. The summed E-state index contributed by atoms with van der Waals surface area (Å²) in [6.45, 7) is 6.96. The number of furan rings is 1. The minimum absolute atomic E-state index is 0.0135. The second-order valence-corrected chi connectivity index (χ2v) is 9.99. The third-order valence-electron chi connectivity index (χ3n) is 6.05. The van der Waals surface area contributed by atoms with Crippen LogP contribution in [0.15, 0.2) is 87.3 Å². The van der Waals surface area contributed by atoms with E-state index >= 15 is 0 Å². The Labute approximate surface area is 206 Å². The summed E-state index contributed by atoms with van der Waals surface area (Å²) in [5.74, 6) is 0.509. The fourth-order valence-electron chi connectivity index (χ4n) is 4.13. The first-order chi connectivity index (χ1) is 16.7. The summed E-state index contributed by atoms with van der Waals surface area (Å²) < 4.78 is 9.82. The van der Waals surface area contributed by atoms with Crippen LogP contribution >= 0.6 is 11.6 Å². The van der Waals surface area contributed by atoms with Gasteiger partial charge in [0.25, 0.3) is 5.56 Å². The predicted octanol–water partition coefficient (Wildman–Crippen LogP) is 4.99. The predicted molar refractivity (Wildman–Crippen MR) is 137 cm³/mol. The molecule has 3 heterocycles. The molecular weight excluding hydrogens is 464 g/mol. The summed E-state index contributed by atoms with van der Waals surface area (Å²) >= 11 is 6.07. The van der Waals surface area contributed by atoms with E-state index in [0.29, 0.717) is 34.2 Å². The van der Waals surface area contributed by atoms with E-state index in [1.165, 1.54) is 21.0 Å². The zero-order chi connectivity index (χ0) is 24.7. The fraction of sp³-hybridized carbons (Fsp3) is 0.222. The zero-order valence-electron chi connectivity index (χ0n) is 19.7.